The highest BCUT2D eigenvalue weighted by atomic mass is 16.2. The molecule has 2 aliphatic heterocycles. The smallest absolute Gasteiger partial charge is 0.236 e. The summed E-state index contributed by atoms with van der Waals surface area (Å²) in [6.45, 7) is 4.99. The van der Waals surface area contributed by atoms with Crippen molar-refractivity contribution in [1.29, 1.82) is 0 Å². The monoisotopic (exact) mass is 294 g/mol. The van der Waals surface area contributed by atoms with Crippen LogP contribution in [0, 0.1) is 0 Å². The van der Waals surface area contributed by atoms with Crippen molar-refractivity contribution in [3.8, 4) is 0 Å². The van der Waals surface area contributed by atoms with Crippen LogP contribution >= 0.6 is 0 Å². The number of Topliss-reactive ketones (excluding diaryl/α,β-unsaturated/α-hetero) is 1. The molecule has 4 heteroatoms. The Balaban J connectivity index is 1.92. The van der Waals surface area contributed by atoms with E-state index < -0.39 is 0 Å². The summed E-state index contributed by atoms with van der Waals surface area (Å²) in [5.74, 6) is 0.515. The fourth-order valence-corrected chi connectivity index (χ4v) is 3.60. The van der Waals surface area contributed by atoms with Crippen molar-refractivity contribution in [3.05, 3.63) is 0 Å². The third-order valence-corrected chi connectivity index (χ3v) is 4.82. The normalized spacial score (nSPS) is 25.2. The van der Waals surface area contributed by atoms with Crippen molar-refractivity contribution >= 4 is 11.7 Å². The topological polar surface area (TPSA) is 40.6 Å². The predicted molar refractivity (Wildman–Crippen MR) is 84.2 cm³/mol. The van der Waals surface area contributed by atoms with E-state index in [2.05, 4.69) is 4.90 Å². The maximum atomic E-state index is 12.6. The fourth-order valence-electron chi connectivity index (χ4n) is 3.60. The van der Waals surface area contributed by atoms with Gasteiger partial charge < -0.3 is 4.90 Å². The lowest BCUT2D eigenvalue weighted by atomic mass is 10.0. The Morgan fingerprint density at radius 1 is 0.905 bits per heavy atom. The number of nitrogens with zero attached hydrogens (tertiary/aromatic N) is 2. The highest BCUT2D eigenvalue weighted by Crippen LogP contribution is 2.20. The van der Waals surface area contributed by atoms with Crippen LogP contribution in [0.1, 0.15) is 64.7 Å². The molecule has 21 heavy (non-hydrogen) atoms. The summed E-state index contributed by atoms with van der Waals surface area (Å²) in [5, 5.41) is 0. The first kappa shape index (κ1) is 16.5. The van der Waals surface area contributed by atoms with Crippen LogP contribution in [-0.4, -0.2) is 53.7 Å². The zero-order valence-electron chi connectivity index (χ0n) is 13.5. The van der Waals surface area contributed by atoms with Gasteiger partial charge in [-0.2, -0.15) is 0 Å². The van der Waals surface area contributed by atoms with Crippen molar-refractivity contribution in [2.24, 2.45) is 0 Å². The number of amides is 1. The van der Waals surface area contributed by atoms with Gasteiger partial charge >= 0.3 is 0 Å². The van der Waals surface area contributed by atoms with Crippen molar-refractivity contribution in [2.45, 2.75) is 70.8 Å². The molecular formula is C17H30N2O2. The van der Waals surface area contributed by atoms with E-state index >= 15 is 0 Å². The zero-order valence-corrected chi connectivity index (χ0v) is 13.5. The minimum Gasteiger partial charge on any atom is -0.342 e. The molecule has 2 aliphatic rings. The van der Waals surface area contributed by atoms with Gasteiger partial charge in [0.15, 0.2) is 0 Å². The van der Waals surface area contributed by atoms with Gasteiger partial charge in [0.2, 0.25) is 5.91 Å². The Kier molecular flexibility index (Phi) is 6.68. The van der Waals surface area contributed by atoms with Crippen LogP contribution in [0.3, 0.4) is 0 Å². The second kappa shape index (κ2) is 8.52. The van der Waals surface area contributed by atoms with E-state index in [0.717, 1.165) is 45.3 Å². The van der Waals surface area contributed by atoms with Gasteiger partial charge in [-0.25, -0.2) is 0 Å². The molecule has 4 nitrogen and oxygen atoms in total. The minimum atomic E-state index is 0.245. The summed E-state index contributed by atoms with van der Waals surface area (Å²) in [5.41, 5.74) is 0. The summed E-state index contributed by atoms with van der Waals surface area (Å²) in [6.07, 6.45) is 10.0. The van der Waals surface area contributed by atoms with Gasteiger partial charge in [0.05, 0.1) is 6.54 Å². The zero-order chi connectivity index (χ0) is 15.1. The molecule has 0 saturated carbocycles. The number of hydrogen-bond acceptors (Lipinski definition) is 3. The van der Waals surface area contributed by atoms with Gasteiger partial charge in [0.25, 0.3) is 0 Å². The number of ketones is 1. The lowest BCUT2D eigenvalue weighted by Gasteiger charge is -2.31. The summed E-state index contributed by atoms with van der Waals surface area (Å²) >= 11 is 0. The maximum absolute atomic E-state index is 12.6. The SMILES string of the molecule is CC(=O)CC1CCCCCN1CC(=O)N1CCCCCC1. The molecule has 0 aromatic rings. The molecule has 0 N–H and O–H groups in total. The largest absolute Gasteiger partial charge is 0.342 e. The van der Waals surface area contributed by atoms with E-state index in [1.807, 2.05) is 4.90 Å². The first-order valence-corrected chi connectivity index (χ1v) is 8.68. The third-order valence-electron chi connectivity index (χ3n) is 4.82. The van der Waals surface area contributed by atoms with E-state index in [0.29, 0.717) is 13.0 Å². The Morgan fingerprint density at radius 2 is 1.52 bits per heavy atom. The minimum absolute atomic E-state index is 0.245. The standard InChI is InChI=1S/C17H30N2O2/c1-15(20)13-16-9-5-4-8-12-19(16)14-17(21)18-10-6-2-3-7-11-18/h16H,2-14H2,1H3. The van der Waals surface area contributed by atoms with E-state index in [1.54, 1.807) is 6.92 Å². The molecule has 2 rings (SSSR count). The van der Waals surface area contributed by atoms with Gasteiger partial charge in [0, 0.05) is 25.6 Å². The van der Waals surface area contributed by atoms with Crippen LogP contribution in [-0.2, 0) is 9.59 Å². The number of hydrogen-bond donors (Lipinski definition) is 0. The van der Waals surface area contributed by atoms with Gasteiger partial charge in [-0.1, -0.05) is 25.7 Å². The molecule has 2 heterocycles. The molecule has 0 spiro atoms. The van der Waals surface area contributed by atoms with Crippen LogP contribution in [0.2, 0.25) is 0 Å². The third kappa shape index (κ3) is 5.42. The van der Waals surface area contributed by atoms with Crippen LogP contribution < -0.4 is 0 Å². The van der Waals surface area contributed by atoms with Crippen molar-refractivity contribution in [1.82, 2.24) is 9.80 Å². The van der Waals surface area contributed by atoms with E-state index in [-0.39, 0.29) is 17.7 Å². The van der Waals surface area contributed by atoms with E-state index in [9.17, 15) is 9.59 Å². The quantitative estimate of drug-likeness (QED) is 0.800. The van der Waals surface area contributed by atoms with Crippen LogP contribution in [0.25, 0.3) is 0 Å². The molecule has 1 atom stereocenters. The van der Waals surface area contributed by atoms with Gasteiger partial charge in [-0.05, 0) is 39.2 Å². The van der Waals surface area contributed by atoms with Crippen LogP contribution in [0.5, 0.6) is 0 Å². The van der Waals surface area contributed by atoms with E-state index in [1.165, 1.54) is 25.7 Å². The summed E-state index contributed by atoms with van der Waals surface area (Å²) < 4.78 is 0. The second-order valence-electron chi connectivity index (χ2n) is 6.67. The Morgan fingerprint density at radius 3 is 2.19 bits per heavy atom. The summed E-state index contributed by atoms with van der Waals surface area (Å²) in [6, 6.07) is 0.279. The van der Waals surface area contributed by atoms with E-state index in [4.69, 9.17) is 0 Å². The maximum Gasteiger partial charge on any atom is 0.236 e. The molecule has 1 amide bonds. The first-order valence-electron chi connectivity index (χ1n) is 8.68. The summed E-state index contributed by atoms with van der Waals surface area (Å²) in [4.78, 5) is 28.4. The van der Waals surface area contributed by atoms with Crippen molar-refractivity contribution in [2.75, 3.05) is 26.2 Å². The van der Waals surface area contributed by atoms with Crippen molar-refractivity contribution < 1.29 is 9.59 Å². The average Bonchev–Trinajstić information content (AvgIpc) is 2.82. The molecule has 0 aromatic carbocycles. The lowest BCUT2D eigenvalue weighted by Crippen LogP contribution is -2.45. The van der Waals surface area contributed by atoms with Crippen LogP contribution in [0.15, 0.2) is 0 Å². The number of likely N-dealkylation sites (tertiary alicyclic amines) is 2. The number of carbonyl (C=O) groups excluding carboxylic acids is 2. The number of rotatable bonds is 4. The highest BCUT2D eigenvalue weighted by Gasteiger charge is 2.26. The molecule has 120 valence electrons. The summed E-state index contributed by atoms with van der Waals surface area (Å²) in [7, 11) is 0. The lowest BCUT2D eigenvalue weighted by molar-refractivity contribution is -0.133. The molecule has 0 bridgehead atoms. The molecule has 0 radical (unpaired) electrons. The molecule has 0 aromatic heterocycles. The Bertz CT molecular complexity index is 349. The molecule has 1 unspecified atom stereocenters. The number of carbonyl (C=O) groups is 2. The predicted octanol–water partition coefficient (Wildman–Crippen LogP) is 2.61. The average molecular weight is 294 g/mol. The Labute approximate surface area is 128 Å². The fraction of sp³-hybridized carbons (Fsp3) is 0.882. The molecular weight excluding hydrogens is 264 g/mol. The van der Waals surface area contributed by atoms with Gasteiger partial charge in [0.1, 0.15) is 5.78 Å². The van der Waals surface area contributed by atoms with Crippen LogP contribution in [0.4, 0.5) is 0 Å². The highest BCUT2D eigenvalue weighted by molar-refractivity contribution is 5.79. The van der Waals surface area contributed by atoms with Crippen molar-refractivity contribution in [3.63, 3.8) is 0 Å². The van der Waals surface area contributed by atoms with Gasteiger partial charge in [-0.3, -0.25) is 14.5 Å². The first-order chi connectivity index (χ1) is 10.2. The molecule has 2 saturated heterocycles. The molecule has 2 fully saturated rings. The second-order valence-corrected chi connectivity index (χ2v) is 6.67. The van der Waals surface area contributed by atoms with Gasteiger partial charge in [-0.15, -0.1) is 0 Å². The Hall–Kier alpha value is -0.900. The molecule has 0 aliphatic carbocycles.